The molecule has 3 rings (SSSR count). The first-order valence-electron chi connectivity index (χ1n) is 9.02. The van der Waals surface area contributed by atoms with E-state index in [-0.39, 0.29) is 5.69 Å². The first kappa shape index (κ1) is 22.3. The Bertz CT molecular complexity index is 1070. The van der Waals surface area contributed by atoms with Crippen molar-refractivity contribution < 1.29 is 35.8 Å². The van der Waals surface area contributed by atoms with Gasteiger partial charge in [-0.25, -0.2) is 26.0 Å². The molecule has 2 unspecified atom stereocenters. The molecule has 1 aliphatic rings. The number of hydrogen-bond acceptors (Lipinski definition) is 5. The van der Waals surface area contributed by atoms with Crippen LogP contribution >= 0.6 is 0 Å². The number of anilines is 2. The summed E-state index contributed by atoms with van der Waals surface area (Å²) in [5, 5.41) is 9.98. The third-order valence-corrected chi connectivity index (χ3v) is 6.10. The smallest absolute Gasteiger partial charge is 0.238 e. The Morgan fingerprint density at radius 3 is 2.30 bits per heavy atom. The summed E-state index contributed by atoms with van der Waals surface area (Å²) in [5.74, 6) is -8.09. The quantitative estimate of drug-likeness (QED) is 0.539. The van der Waals surface area contributed by atoms with Gasteiger partial charge in [-0.15, -0.1) is 0 Å². The van der Waals surface area contributed by atoms with Gasteiger partial charge in [-0.3, -0.25) is 4.72 Å². The standard InChI is InChI=1S/C19H20F4N2O4S/c1-4-25-14-6-5-11(7-12(14)10(3)29-19(25)26)24-30(27,28)8-13-17(22)15(20)9(2)16(21)18(13)23/h5-7,10,19,24,26H,4,8H2,1-3H3. The molecule has 2 aromatic rings. The molecule has 0 saturated carbocycles. The molecule has 0 fully saturated rings. The van der Waals surface area contributed by atoms with Gasteiger partial charge in [0.1, 0.15) is 5.75 Å². The van der Waals surface area contributed by atoms with Crippen LogP contribution in [0.4, 0.5) is 28.9 Å². The minimum absolute atomic E-state index is 0.0607. The molecule has 2 aromatic carbocycles. The van der Waals surface area contributed by atoms with E-state index in [1.54, 1.807) is 24.8 Å². The van der Waals surface area contributed by atoms with Crippen LogP contribution in [0.2, 0.25) is 0 Å². The molecule has 164 valence electrons. The summed E-state index contributed by atoms with van der Waals surface area (Å²) in [6, 6.07) is 4.41. The van der Waals surface area contributed by atoms with Crippen molar-refractivity contribution in [2.75, 3.05) is 16.2 Å². The van der Waals surface area contributed by atoms with E-state index in [1.807, 2.05) is 0 Å². The molecule has 0 saturated heterocycles. The van der Waals surface area contributed by atoms with E-state index < -0.39 is 62.7 Å². The second-order valence-electron chi connectivity index (χ2n) is 6.88. The topological polar surface area (TPSA) is 78.9 Å². The summed E-state index contributed by atoms with van der Waals surface area (Å²) in [6.45, 7) is 4.73. The van der Waals surface area contributed by atoms with Gasteiger partial charge in [0, 0.05) is 34.6 Å². The molecule has 0 spiro atoms. The molecule has 11 heteroatoms. The van der Waals surface area contributed by atoms with Crippen molar-refractivity contribution in [1.29, 1.82) is 0 Å². The number of rotatable bonds is 5. The highest BCUT2D eigenvalue weighted by atomic mass is 32.2. The van der Waals surface area contributed by atoms with Crippen LogP contribution in [0, 0.1) is 30.2 Å². The van der Waals surface area contributed by atoms with Gasteiger partial charge in [-0.1, -0.05) is 0 Å². The van der Waals surface area contributed by atoms with Crippen molar-refractivity contribution in [3.8, 4) is 0 Å². The minimum Gasteiger partial charge on any atom is -0.351 e. The SMILES string of the molecule is CCN1c2ccc(NS(=O)(=O)Cc3c(F)c(F)c(C)c(F)c3F)cc2C(C)OC1O. The van der Waals surface area contributed by atoms with Crippen molar-refractivity contribution in [2.24, 2.45) is 0 Å². The van der Waals surface area contributed by atoms with Crippen LogP contribution in [0.5, 0.6) is 0 Å². The Balaban J connectivity index is 1.92. The molecular formula is C19H20F4N2O4S. The van der Waals surface area contributed by atoms with E-state index in [9.17, 15) is 31.1 Å². The predicted molar refractivity (Wildman–Crippen MR) is 102 cm³/mol. The van der Waals surface area contributed by atoms with Crippen LogP contribution in [0.3, 0.4) is 0 Å². The van der Waals surface area contributed by atoms with Crippen molar-refractivity contribution in [2.45, 2.75) is 39.0 Å². The zero-order valence-corrected chi connectivity index (χ0v) is 17.2. The molecule has 0 aromatic heterocycles. The van der Waals surface area contributed by atoms with Crippen LogP contribution in [0.15, 0.2) is 18.2 Å². The maximum absolute atomic E-state index is 14.0. The lowest BCUT2D eigenvalue weighted by Gasteiger charge is -2.38. The fraction of sp³-hybridized carbons (Fsp3) is 0.368. The molecule has 2 N–H and O–H groups in total. The predicted octanol–water partition coefficient (Wildman–Crippen LogP) is 3.69. The highest BCUT2D eigenvalue weighted by molar-refractivity contribution is 7.91. The molecular weight excluding hydrogens is 428 g/mol. The Morgan fingerprint density at radius 2 is 1.73 bits per heavy atom. The number of nitrogens with zero attached hydrogens (tertiary/aromatic N) is 1. The Labute approximate surface area is 171 Å². The summed E-state index contributed by atoms with van der Waals surface area (Å²) in [4.78, 5) is 1.55. The van der Waals surface area contributed by atoms with E-state index >= 15 is 0 Å². The number of aliphatic hydroxyl groups excluding tert-OH is 1. The second kappa shape index (κ2) is 8.05. The van der Waals surface area contributed by atoms with Gasteiger partial charge >= 0.3 is 0 Å². The lowest BCUT2D eigenvalue weighted by molar-refractivity contribution is -0.139. The van der Waals surface area contributed by atoms with E-state index in [0.717, 1.165) is 6.92 Å². The average molecular weight is 448 g/mol. The first-order chi connectivity index (χ1) is 14.0. The molecule has 1 aliphatic heterocycles. The van der Waals surface area contributed by atoms with E-state index in [1.165, 1.54) is 12.1 Å². The van der Waals surface area contributed by atoms with E-state index in [4.69, 9.17) is 4.74 Å². The maximum Gasteiger partial charge on any atom is 0.238 e. The molecule has 2 atom stereocenters. The third kappa shape index (κ3) is 3.96. The highest BCUT2D eigenvalue weighted by Crippen LogP contribution is 2.37. The zero-order chi connectivity index (χ0) is 22.4. The van der Waals surface area contributed by atoms with Crippen LogP contribution < -0.4 is 9.62 Å². The van der Waals surface area contributed by atoms with Crippen LogP contribution in [-0.4, -0.2) is 26.5 Å². The lowest BCUT2D eigenvalue weighted by atomic mass is 10.0. The number of nitrogens with one attached hydrogen (secondary N) is 1. The molecule has 0 amide bonds. The first-order valence-corrected chi connectivity index (χ1v) is 10.7. The van der Waals surface area contributed by atoms with Crippen LogP contribution in [0.1, 0.15) is 36.6 Å². The molecule has 0 bridgehead atoms. The van der Waals surface area contributed by atoms with Crippen molar-refractivity contribution in [1.82, 2.24) is 0 Å². The monoisotopic (exact) mass is 448 g/mol. The maximum atomic E-state index is 14.0. The van der Waals surface area contributed by atoms with Gasteiger partial charge in [0.2, 0.25) is 16.4 Å². The molecule has 0 radical (unpaired) electrons. The minimum atomic E-state index is -4.42. The average Bonchev–Trinajstić information content (AvgIpc) is 2.68. The number of sulfonamides is 1. The van der Waals surface area contributed by atoms with Crippen molar-refractivity contribution in [3.05, 3.63) is 58.2 Å². The molecule has 1 heterocycles. The fourth-order valence-corrected chi connectivity index (χ4v) is 4.49. The van der Waals surface area contributed by atoms with Gasteiger partial charge in [0.05, 0.1) is 6.10 Å². The summed E-state index contributed by atoms with van der Waals surface area (Å²) < 4.78 is 88.0. The van der Waals surface area contributed by atoms with Crippen molar-refractivity contribution in [3.63, 3.8) is 0 Å². The lowest BCUT2D eigenvalue weighted by Crippen LogP contribution is -2.41. The Morgan fingerprint density at radius 1 is 1.13 bits per heavy atom. The number of benzene rings is 2. The van der Waals surface area contributed by atoms with Crippen molar-refractivity contribution >= 4 is 21.4 Å². The summed E-state index contributed by atoms with van der Waals surface area (Å²) in [6.07, 6.45) is -1.71. The normalized spacial score (nSPS) is 19.0. The summed E-state index contributed by atoms with van der Waals surface area (Å²) in [5.41, 5.74) is -0.826. The Kier molecular flexibility index (Phi) is 5.99. The van der Waals surface area contributed by atoms with Gasteiger partial charge in [0.25, 0.3) is 0 Å². The zero-order valence-electron chi connectivity index (χ0n) is 16.3. The molecule has 30 heavy (non-hydrogen) atoms. The second-order valence-corrected chi connectivity index (χ2v) is 8.61. The number of hydrogen-bond donors (Lipinski definition) is 2. The Hall–Kier alpha value is -2.37. The number of fused-ring (bicyclic) bond motifs is 1. The fourth-order valence-electron chi connectivity index (χ4n) is 3.30. The highest BCUT2D eigenvalue weighted by Gasteiger charge is 2.30. The van der Waals surface area contributed by atoms with Gasteiger partial charge in [-0.2, -0.15) is 0 Å². The van der Waals surface area contributed by atoms with Gasteiger partial charge in [-0.05, 0) is 39.0 Å². The summed E-state index contributed by atoms with van der Waals surface area (Å²) >= 11 is 0. The van der Waals surface area contributed by atoms with Gasteiger partial charge < -0.3 is 14.7 Å². The number of halogens is 4. The molecule has 6 nitrogen and oxygen atoms in total. The summed E-state index contributed by atoms with van der Waals surface area (Å²) in [7, 11) is -4.42. The van der Waals surface area contributed by atoms with E-state index in [2.05, 4.69) is 4.72 Å². The third-order valence-electron chi connectivity index (χ3n) is 4.89. The van der Waals surface area contributed by atoms with E-state index in [0.29, 0.717) is 17.8 Å². The number of ether oxygens (including phenoxy) is 1. The number of aliphatic hydroxyl groups is 1. The van der Waals surface area contributed by atoms with Crippen LogP contribution in [0.25, 0.3) is 0 Å². The van der Waals surface area contributed by atoms with Crippen LogP contribution in [-0.2, 0) is 20.5 Å². The van der Waals surface area contributed by atoms with Gasteiger partial charge in [0.15, 0.2) is 23.3 Å². The molecule has 0 aliphatic carbocycles. The largest absolute Gasteiger partial charge is 0.351 e.